The van der Waals surface area contributed by atoms with E-state index < -0.39 is 0 Å². The molecule has 3 aliphatic rings. The molecular weight excluding hydrogens is 410 g/mol. The molecule has 5 rings (SSSR count). The van der Waals surface area contributed by atoms with Crippen LogP contribution in [0.2, 0.25) is 0 Å². The number of nitrogens with zero attached hydrogens (tertiary/aromatic N) is 4. The van der Waals surface area contributed by atoms with E-state index in [1.165, 1.54) is 36.3 Å². The zero-order chi connectivity index (χ0) is 22.7. The average Bonchev–Trinajstić information content (AvgIpc) is 2.79. The van der Waals surface area contributed by atoms with Gasteiger partial charge in [-0.25, -0.2) is 0 Å². The highest BCUT2D eigenvalue weighted by Gasteiger charge is 2.51. The van der Waals surface area contributed by atoms with Gasteiger partial charge in [0.2, 0.25) is 0 Å². The van der Waals surface area contributed by atoms with Crippen LogP contribution in [0.1, 0.15) is 36.0 Å². The molecule has 3 fully saturated rings. The Kier molecular flexibility index (Phi) is 6.47. The minimum Gasteiger partial charge on any atom is -0.376 e. The Bertz CT molecular complexity index is 998. The first-order valence-corrected chi connectivity index (χ1v) is 12.2. The zero-order valence-corrected chi connectivity index (χ0v) is 19.6. The molecular formula is C27H35N5O. The summed E-state index contributed by atoms with van der Waals surface area (Å²) in [5.41, 5.74) is 6.11. The van der Waals surface area contributed by atoms with Gasteiger partial charge in [0, 0.05) is 62.2 Å². The average molecular weight is 446 g/mol. The van der Waals surface area contributed by atoms with Crippen molar-refractivity contribution in [1.29, 1.82) is 0 Å². The Morgan fingerprint density at radius 1 is 1.12 bits per heavy atom. The van der Waals surface area contributed by atoms with Gasteiger partial charge >= 0.3 is 0 Å². The number of hydrogen-bond acceptors (Lipinski definition) is 6. The highest BCUT2D eigenvalue weighted by atomic mass is 16.5. The Balaban J connectivity index is 1.14. The van der Waals surface area contributed by atoms with Gasteiger partial charge in [0.15, 0.2) is 0 Å². The van der Waals surface area contributed by atoms with E-state index in [1.54, 1.807) is 6.21 Å². The topological polar surface area (TPSA) is 66.5 Å². The number of aryl methyl sites for hydroxylation is 1. The third-order valence-electron chi connectivity index (χ3n) is 7.21. The van der Waals surface area contributed by atoms with E-state index in [4.69, 9.17) is 10.6 Å². The molecule has 33 heavy (non-hydrogen) atoms. The van der Waals surface area contributed by atoms with Crippen molar-refractivity contribution >= 4 is 17.6 Å². The molecule has 0 aromatic heterocycles. The van der Waals surface area contributed by atoms with E-state index in [9.17, 15) is 0 Å². The normalized spacial score (nSPS) is 23.0. The highest BCUT2D eigenvalue weighted by Crippen LogP contribution is 2.42. The van der Waals surface area contributed by atoms with Crippen molar-refractivity contribution in [2.45, 2.75) is 38.8 Å². The molecule has 0 saturated carbocycles. The number of aliphatic imine (C=N–C) groups is 1. The maximum Gasteiger partial charge on any atom is 0.108 e. The van der Waals surface area contributed by atoms with Crippen molar-refractivity contribution in [2.75, 3.05) is 44.2 Å². The van der Waals surface area contributed by atoms with Gasteiger partial charge < -0.3 is 15.5 Å². The van der Waals surface area contributed by atoms with Gasteiger partial charge in [-0.15, -0.1) is 0 Å². The smallest absolute Gasteiger partial charge is 0.108 e. The molecule has 3 aliphatic heterocycles. The van der Waals surface area contributed by atoms with Crippen molar-refractivity contribution in [1.82, 2.24) is 4.90 Å². The molecule has 1 unspecified atom stereocenters. The van der Waals surface area contributed by atoms with Crippen molar-refractivity contribution in [3.63, 3.8) is 0 Å². The van der Waals surface area contributed by atoms with E-state index in [0.29, 0.717) is 12.0 Å². The molecule has 6 heteroatoms. The predicted molar refractivity (Wildman–Crippen MR) is 135 cm³/mol. The van der Waals surface area contributed by atoms with E-state index in [0.717, 1.165) is 50.4 Å². The minimum atomic E-state index is 0.228. The summed E-state index contributed by atoms with van der Waals surface area (Å²) in [6.07, 6.45) is 5.49. The second kappa shape index (κ2) is 9.65. The highest BCUT2D eigenvalue weighted by molar-refractivity contribution is 6.38. The maximum absolute atomic E-state index is 5.76. The fraction of sp³-hybridized carbons (Fsp3) is 0.481. The summed E-state index contributed by atoms with van der Waals surface area (Å²) in [6, 6.07) is 17.3. The van der Waals surface area contributed by atoms with Gasteiger partial charge in [-0.3, -0.25) is 9.89 Å². The Morgan fingerprint density at radius 2 is 1.94 bits per heavy atom. The zero-order valence-electron chi connectivity index (χ0n) is 19.6. The number of hydrogen-bond donors (Lipinski definition) is 1. The number of rotatable bonds is 7. The largest absolute Gasteiger partial charge is 0.376 e. The van der Waals surface area contributed by atoms with Crippen molar-refractivity contribution in [3.8, 4) is 0 Å². The van der Waals surface area contributed by atoms with Crippen LogP contribution in [-0.4, -0.2) is 62.3 Å². The summed E-state index contributed by atoms with van der Waals surface area (Å²) in [4.78, 5) is 9.62. The monoisotopic (exact) mass is 445 g/mol. The molecule has 0 radical (unpaired) electrons. The lowest BCUT2D eigenvalue weighted by Gasteiger charge is -2.61. The van der Waals surface area contributed by atoms with Crippen LogP contribution in [0.5, 0.6) is 0 Å². The molecule has 1 spiro atoms. The molecule has 0 amide bonds. The number of benzene rings is 2. The first-order chi connectivity index (χ1) is 16.1. The molecule has 3 saturated heterocycles. The predicted octanol–water partition coefficient (Wildman–Crippen LogP) is 3.62. The lowest BCUT2D eigenvalue weighted by atomic mass is 9.72. The number of anilines is 1. The molecule has 174 valence electrons. The van der Waals surface area contributed by atoms with E-state index in [1.807, 2.05) is 0 Å². The van der Waals surface area contributed by atoms with Crippen LogP contribution in [0.15, 0.2) is 58.6 Å². The Morgan fingerprint density at radius 3 is 2.64 bits per heavy atom. The van der Waals surface area contributed by atoms with Crippen molar-refractivity contribution < 1.29 is 4.74 Å². The summed E-state index contributed by atoms with van der Waals surface area (Å²) < 4.78 is 5.76. The van der Waals surface area contributed by atoms with Crippen LogP contribution in [0.4, 0.5) is 5.69 Å². The number of ether oxygens (including phenoxy) is 1. The SMILES string of the molecule is Cc1cc(N2CC3(CN(Cc4ccccc4)C3)C2)ccc1/C(C=NCC1CCCCO1)=N/N. The summed E-state index contributed by atoms with van der Waals surface area (Å²) in [7, 11) is 0. The van der Waals surface area contributed by atoms with Gasteiger partial charge in [-0.05, 0) is 49.4 Å². The summed E-state index contributed by atoms with van der Waals surface area (Å²) in [5, 5.41) is 4.01. The van der Waals surface area contributed by atoms with Gasteiger partial charge in [-0.2, -0.15) is 5.10 Å². The molecule has 2 aromatic rings. The van der Waals surface area contributed by atoms with E-state index >= 15 is 0 Å². The summed E-state index contributed by atoms with van der Waals surface area (Å²) >= 11 is 0. The van der Waals surface area contributed by atoms with Gasteiger partial charge in [0.05, 0.1) is 12.6 Å². The van der Waals surface area contributed by atoms with Crippen LogP contribution in [0.25, 0.3) is 0 Å². The molecule has 2 N–H and O–H groups in total. The van der Waals surface area contributed by atoms with Gasteiger partial charge in [0.25, 0.3) is 0 Å². The van der Waals surface area contributed by atoms with Crippen molar-refractivity contribution in [3.05, 3.63) is 65.2 Å². The van der Waals surface area contributed by atoms with E-state index in [-0.39, 0.29) is 6.10 Å². The van der Waals surface area contributed by atoms with Gasteiger partial charge in [0.1, 0.15) is 5.71 Å². The Hall–Kier alpha value is -2.70. The quantitative estimate of drug-likeness (QED) is 0.402. The molecule has 0 aliphatic carbocycles. The number of hydrazone groups is 1. The second-order valence-corrected chi connectivity index (χ2v) is 9.98. The van der Waals surface area contributed by atoms with Crippen LogP contribution in [0, 0.1) is 12.3 Å². The van der Waals surface area contributed by atoms with Crippen LogP contribution in [0.3, 0.4) is 0 Å². The second-order valence-electron chi connectivity index (χ2n) is 9.98. The summed E-state index contributed by atoms with van der Waals surface area (Å²) in [6.45, 7) is 9.38. The number of nitrogens with two attached hydrogens (primary N) is 1. The maximum atomic E-state index is 5.76. The third kappa shape index (κ3) is 4.97. The van der Waals surface area contributed by atoms with Crippen molar-refractivity contribution in [2.24, 2.45) is 21.4 Å². The Labute approximate surface area is 197 Å². The first kappa shape index (κ1) is 22.1. The fourth-order valence-corrected chi connectivity index (χ4v) is 5.51. The summed E-state index contributed by atoms with van der Waals surface area (Å²) in [5.74, 6) is 5.71. The van der Waals surface area contributed by atoms with Crippen LogP contribution in [-0.2, 0) is 11.3 Å². The molecule has 2 aromatic carbocycles. The first-order valence-electron chi connectivity index (χ1n) is 12.2. The standard InChI is InChI=1S/C27H35N5O/c1-21-13-23(10-11-25(21)26(30-28)15-29-14-24-9-5-6-12-33-24)32-19-27(20-32)17-31(18-27)16-22-7-3-2-4-8-22/h2-4,7-8,10-11,13,15,24H,5-6,9,12,14,16-20,28H2,1H3/b29-15?,30-26+. The molecule has 6 nitrogen and oxygen atoms in total. The van der Waals surface area contributed by atoms with Gasteiger partial charge in [-0.1, -0.05) is 36.4 Å². The van der Waals surface area contributed by atoms with E-state index in [2.05, 4.69) is 75.3 Å². The molecule has 0 bridgehead atoms. The molecule has 1 atom stereocenters. The number of likely N-dealkylation sites (tertiary alicyclic amines) is 1. The van der Waals surface area contributed by atoms with Crippen LogP contribution >= 0.6 is 0 Å². The van der Waals surface area contributed by atoms with Crippen LogP contribution < -0.4 is 10.7 Å². The lowest BCUT2D eigenvalue weighted by Crippen LogP contribution is -2.71. The third-order valence-corrected chi connectivity index (χ3v) is 7.21. The lowest BCUT2D eigenvalue weighted by molar-refractivity contribution is -0.0273. The minimum absolute atomic E-state index is 0.228. The molecule has 3 heterocycles. The fourth-order valence-electron chi connectivity index (χ4n) is 5.51.